The maximum absolute atomic E-state index is 10.2. The zero-order valence-corrected chi connectivity index (χ0v) is 19.2. The number of methoxy groups -OCH3 is 3. The highest BCUT2D eigenvalue weighted by Gasteiger charge is 2.34. The molecule has 1 aliphatic heterocycles. The molecule has 0 aromatic heterocycles. The van der Waals surface area contributed by atoms with Gasteiger partial charge in [-0.15, -0.1) is 0 Å². The van der Waals surface area contributed by atoms with Crippen molar-refractivity contribution < 1.29 is 18.9 Å². The number of rotatable bonds is 6. The minimum absolute atomic E-state index is 0.258. The fraction of sp³-hybridized carbons (Fsp3) is 0.231. The predicted molar refractivity (Wildman–Crippen MR) is 127 cm³/mol. The third-order valence-electron chi connectivity index (χ3n) is 5.49. The summed E-state index contributed by atoms with van der Waals surface area (Å²) in [6, 6.07) is 18.1. The van der Waals surface area contributed by atoms with Crippen molar-refractivity contribution in [2.45, 2.75) is 5.92 Å². The van der Waals surface area contributed by atoms with Crippen molar-refractivity contribution in [2.75, 3.05) is 35.4 Å². The van der Waals surface area contributed by atoms with Gasteiger partial charge in [0.1, 0.15) is 17.4 Å². The van der Waals surface area contributed by atoms with E-state index in [9.17, 15) is 5.26 Å². The summed E-state index contributed by atoms with van der Waals surface area (Å²) in [7, 11) is 8.42. The molecule has 0 amide bonds. The molecular weight excluding hydrogens is 418 g/mol. The smallest absolute Gasteiger partial charge is 0.235 e. The predicted octanol–water partition coefficient (Wildman–Crippen LogP) is 4.71. The quantitative estimate of drug-likeness (QED) is 0.406. The molecule has 0 fully saturated rings. The SMILES string of the molecule is COc1cc([C@H]2C(C#N)=C(N=CN(C)C)Oc3c2ccc2ccccc32)cc(OC)c1OC. The Balaban J connectivity index is 2.03. The number of aliphatic imine (C=N–C) groups is 1. The molecule has 3 aromatic rings. The maximum atomic E-state index is 10.2. The standard InChI is InChI=1S/C26H25N3O4/c1-29(2)15-28-26-20(14-27)23(17-12-21(30-3)25(32-5)22(13-17)31-4)19-11-10-16-8-6-7-9-18(16)24(19)33-26/h6-13,15,23H,1-5H3/t23-/m1/s1. The van der Waals surface area contributed by atoms with E-state index >= 15 is 0 Å². The lowest BCUT2D eigenvalue weighted by Crippen LogP contribution is -2.17. The molecule has 0 aliphatic carbocycles. The molecule has 0 unspecified atom stereocenters. The molecule has 168 valence electrons. The molecule has 33 heavy (non-hydrogen) atoms. The lowest BCUT2D eigenvalue weighted by Gasteiger charge is -2.28. The van der Waals surface area contributed by atoms with Crippen LogP contribution in [0.5, 0.6) is 23.0 Å². The molecule has 0 radical (unpaired) electrons. The van der Waals surface area contributed by atoms with Crippen molar-refractivity contribution in [3.8, 4) is 29.1 Å². The van der Waals surface area contributed by atoms with Crippen molar-refractivity contribution in [3.63, 3.8) is 0 Å². The van der Waals surface area contributed by atoms with E-state index in [1.807, 2.05) is 62.6 Å². The summed E-state index contributed by atoms with van der Waals surface area (Å²) in [5.41, 5.74) is 2.06. The minimum Gasteiger partial charge on any atom is -0.493 e. The minimum atomic E-state index is -0.439. The largest absolute Gasteiger partial charge is 0.493 e. The van der Waals surface area contributed by atoms with Gasteiger partial charge in [-0.05, 0) is 23.1 Å². The Labute approximate surface area is 193 Å². The van der Waals surface area contributed by atoms with Crippen LogP contribution in [-0.4, -0.2) is 46.7 Å². The number of benzene rings is 3. The lowest BCUT2D eigenvalue weighted by molar-refractivity contribution is 0.323. The highest BCUT2D eigenvalue weighted by atomic mass is 16.5. The van der Waals surface area contributed by atoms with Gasteiger partial charge < -0.3 is 23.8 Å². The maximum Gasteiger partial charge on any atom is 0.235 e. The Kier molecular flexibility index (Phi) is 6.09. The van der Waals surface area contributed by atoms with Gasteiger partial charge in [-0.25, -0.2) is 4.99 Å². The number of hydrogen-bond donors (Lipinski definition) is 0. The normalized spacial score (nSPS) is 15.1. The molecule has 7 nitrogen and oxygen atoms in total. The van der Waals surface area contributed by atoms with E-state index < -0.39 is 5.92 Å². The van der Waals surface area contributed by atoms with Crippen molar-refractivity contribution >= 4 is 17.1 Å². The second-order valence-corrected chi connectivity index (χ2v) is 7.74. The molecular formula is C26H25N3O4. The van der Waals surface area contributed by atoms with Gasteiger partial charge in [-0.1, -0.05) is 36.4 Å². The molecule has 4 rings (SSSR count). The van der Waals surface area contributed by atoms with Crippen LogP contribution in [0.1, 0.15) is 17.0 Å². The van der Waals surface area contributed by atoms with Crippen molar-refractivity contribution in [3.05, 3.63) is 71.1 Å². The van der Waals surface area contributed by atoms with Crippen LogP contribution in [0.2, 0.25) is 0 Å². The van der Waals surface area contributed by atoms with E-state index in [-0.39, 0.29) is 5.88 Å². The van der Waals surface area contributed by atoms with Gasteiger partial charge in [0.25, 0.3) is 0 Å². The Morgan fingerprint density at radius 2 is 1.70 bits per heavy atom. The fourth-order valence-corrected chi connectivity index (χ4v) is 4.02. The Morgan fingerprint density at radius 1 is 1.00 bits per heavy atom. The van der Waals surface area contributed by atoms with Gasteiger partial charge in [-0.2, -0.15) is 5.26 Å². The summed E-state index contributed by atoms with van der Waals surface area (Å²) in [6.07, 6.45) is 1.62. The number of allylic oxidation sites excluding steroid dienone is 1. The summed E-state index contributed by atoms with van der Waals surface area (Å²) in [5, 5.41) is 12.2. The highest BCUT2D eigenvalue weighted by molar-refractivity contribution is 5.91. The van der Waals surface area contributed by atoms with E-state index in [2.05, 4.69) is 11.1 Å². The first-order valence-electron chi connectivity index (χ1n) is 10.4. The average Bonchev–Trinajstić information content (AvgIpc) is 2.85. The van der Waals surface area contributed by atoms with Crippen LogP contribution < -0.4 is 18.9 Å². The van der Waals surface area contributed by atoms with Gasteiger partial charge in [0.05, 0.1) is 33.6 Å². The zero-order chi connectivity index (χ0) is 23.5. The third kappa shape index (κ3) is 3.92. The molecule has 1 heterocycles. The Bertz CT molecular complexity index is 1280. The number of hydrogen-bond acceptors (Lipinski definition) is 6. The van der Waals surface area contributed by atoms with Crippen LogP contribution in [0.4, 0.5) is 0 Å². The number of nitriles is 1. The molecule has 7 heteroatoms. The lowest BCUT2D eigenvalue weighted by atomic mass is 9.82. The summed E-state index contributed by atoms with van der Waals surface area (Å²) < 4.78 is 22.9. The highest BCUT2D eigenvalue weighted by Crippen LogP contribution is 2.49. The average molecular weight is 444 g/mol. The summed E-state index contributed by atoms with van der Waals surface area (Å²) in [4.78, 5) is 6.27. The van der Waals surface area contributed by atoms with E-state index in [1.165, 1.54) is 0 Å². The zero-order valence-electron chi connectivity index (χ0n) is 19.2. The van der Waals surface area contributed by atoms with E-state index in [0.717, 1.165) is 21.9 Å². The number of ether oxygens (including phenoxy) is 4. The van der Waals surface area contributed by atoms with Crippen molar-refractivity contribution in [1.29, 1.82) is 5.26 Å². The molecule has 1 atom stereocenters. The third-order valence-corrected chi connectivity index (χ3v) is 5.49. The van der Waals surface area contributed by atoms with Crippen LogP contribution in [0.3, 0.4) is 0 Å². The van der Waals surface area contributed by atoms with Gasteiger partial charge in [-0.3, -0.25) is 0 Å². The molecule has 1 aliphatic rings. The summed E-state index contributed by atoms with van der Waals surface area (Å²) in [6.45, 7) is 0. The van der Waals surface area contributed by atoms with Gasteiger partial charge in [0.2, 0.25) is 11.6 Å². The van der Waals surface area contributed by atoms with Crippen molar-refractivity contribution in [2.24, 2.45) is 4.99 Å². The first-order chi connectivity index (χ1) is 16.0. The second kappa shape index (κ2) is 9.13. The molecule has 0 saturated heterocycles. The van der Waals surface area contributed by atoms with Crippen LogP contribution in [0.25, 0.3) is 10.8 Å². The van der Waals surface area contributed by atoms with Gasteiger partial charge in [0, 0.05) is 25.0 Å². The number of fused-ring (bicyclic) bond motifs is 3. The van der Waals surface area contributed by atoms with E-state index in [1.54, 1.807) is 32.6 Å². The first-order valence-corrected chi connectivity index (χ1v) is 10.4. The second-order valence-electron chi connectivity index (χ2n) is 7.74. The topological polar surface area (TPSA) is 76.3 Å². The first kappa shape index (κ1) is 22.0. The van der Waals surface area contributed by atoms with Crippen LogP contribution >= 0.6 is 0 Å². The monoisotopic (exact) mass is 443 g/mol. The number of nitrogens with zero attached hydrogens (tertiary/aromatic N) is 3. The summed E-state index contributed by atoms with van der Waals surface area (Å²) >= 11 is 0. The van der Waals surface area contributed by atoms with Gasteiger partial charge >= 0.3 is 0 Å². The van der Waals surface area contributed by atoms with Gasteiger partial charge in [0.15, 0.2) is 11.5 Å². The van der Waals surface area contributed by atoms with Crippen LogP contribution in [0.15, 0.2) is 65.0 Å². The molecule has 0 spiro atoms. The molecule has 0 N–H and O–H groups in total. The Hall–Kier alpha value is -4.18. The fourth-order valence-electron chi connectivity index (χ4n) is 4.02. The van der Waals surface area contributed by atoms with Crippen LogP contribution in [-0.2, 0) is 0 Å². The van der Waals surface area contributed by atoms with E-state index in [4.69, 9.17) is 18.9 Å². The summed E-state index contributed by atoms with van der Waals surface area (Å²) in [5.74, 6) is 2.01. The molecule has 0 saturated carbocycles. The molecule has 3 aromatic carbocycles. The Morgan fingerprint density at radius 3 is 2.30 bits per heavy atom. The van der Waals surface area contributed by atoms with Crippen LogP contribution in [0, 0.1) is 11.3 Å². The van der Waals surface area contributed by atoms with E-state index in [0.29, 0.717) is 28.6 Å². The van der Waals surface area contributed by atoms with Crippen molar-refractivity contribution in [1.82, 2.24) is 4.90 Å². The molecule has 0 bridgehead atoms.